The SMILES string of the molecule is S=C1C=CC=N[N]1. The molecule has 0 unspecified atom stereocenters. The predicted molar refractivity (Wildman–Crippen MR) is 32.4 cm³/mol. The summed E-state index contributed by atoms with van der Waals surface area (Å²) in [5.74, 6) is 0. The Morgan fingerprint density at radius 3 is 2.71 bits per heavy atom. The molecule has 0 atom stereocenters. The second-order valence-corrected chi connectivity index (χ2v) is 1.48. The highest BCUT2D eigenvalue weighted by atomic mass is 32.1. The van der Waals surface area contributed by atoms with Gasteiger partial charge in [0.05, 0.1) is 0 Å². The molecule has 1 aliphatic heterocycles. The summed E-state index contributed by atoms with van der Waals surface area (Å²) in [7, 11) is 0. The molecule has 2 nitrogen and oxygen atoms in total. The summed E-state index contributed by atoms with van der Waals surface area (Å²) in [4.78, 5) is 0.544. The van der Waals surface area contributed by atoms with Crippen molar-refractivity contribution in [1.29, 1.82) is 0 Å². The van der Waals surface area contributed by atoms with Gasteiger partial charge < -0.3 is 0 Å². The smallest absolute Gasteiger partial charge is 0.148 e. The molecule has 0 aromatic carbocycles. The Hall–Kier alpha value is -0.700. The van der Waals surface area contributed by atoms with Crippen molar-refractivity contribution in [3.63, 3.8) is 0 Å². The molecule has 0 saturated heterocycles. The van der Waals surface area contributed by atoms with Crippen molar-refractivity contribution in [2.75, 3.05) is 0 Å². The Bertz CT molecular complexity index is 137. The lowest BCUT2D eigenvalue weighted by atomic mass is 10.5. The van der Waals surface area contributed by atoms with Crippen LogP contribution in [0.25, 0.3) is 0 Å². The van der Waals surface area contributed by atoms with Crippen molar-refractivity contribution in [3.05, 3.63) is 12.2 Å². The zero-order valence-corrected chi connectivity index (χ0v) is 4.35. The molecule has 3 heteroatoms. The first-order valence-corrected chi connectivity index (χ1v) is 2.25. The first-order valence-electron chi connectivity index (χ1n) is 1.84. The lowest BCUT2D eigenvalue weighted by Gasteiger charge is -1.91. The second-order valence-electron chi connectivity index (χ2n) is 1.06. The van der Waals surface area contributed by atoms with Gasteiger partial charge >= 0.3 is 0 Å². The molecule has 1 heterocycles. The van der Waals surface area contributed by atoms with E-state index in [0.29, 0.717) is 4.99 Å². The lowest BCUT2D eigenvalue weighted by molar-refractivity contribution is 1.03. The second kappa shape index (κ2) is 1.84. The quantitative estimate of drug-likeness (QED) is 0.417. The standard InChI is InChI=1S/C4H3N2S/c7-4-2-1-3-5-6-4/h1-3H. The van der Waals surface area contributed by atoms with Gasteiger partial charge in [-0.15, -0.1) is 5.43 Å². The average Bonchev–Trinajstić information content (AvgIpc) is 1.69. The highest BCUT2D eigenvalue weighted by molar-refractivity contribution is 7.80. The van der Waals surface area contributed by atoms with Gasteiger partial charge in [-0.05, 0) is 12.2 Å². The van der Waals surface area contributed by atoms with Gasteiger partial charge in [-0.1, -0.05) is 12.2 Å². The van der Waals surface area contributed by atoms with Crippen LogP contribution < -0.4 is 5.43 Å². The van der Waals surface area contributed by atoms with Crippen LogP contribution in [0.3, 0.4) is 0 Å². The number of thiocarbonyl (C=S) groups is 1. The first kappa shape index (κ1) is 4.46. The van der Waals surface area contributed by atoms with Crippen molar-refractivity contribution in [1.82, 2.24) is 5.43 Å². The van der Waals surface area contributed by atoms with Crippen LogP contribution in [0.1, 0.15) is 0 Å². The molecule has 35 valence electrons. The molecule has 1 radical (unpaired) electrons. The van der Waals surface area contributed by atoms with E-state index in [1.165, 1.54) is 0 Å². The third kappa shape index (κ3) is 1.08. The van der Waals surface area contributed by atoms with Gasteiger partial charge in [0.2, 0.25) is 0 Å². The maximum absolute atomic E-state index is 4.64. The van der Waals surface area contributed by atoms with Crippen molar-refractivity contribution in [3.8, 4) is 0 Å². The van der Waals surface area contributed by atoms with Crippen LogP contribution in [0.15, 0.2) is 17.3 Å². The molecule has 0 spiro atoms. The molecule has 0 N–H and O–H groups in total. The summed E-state index contributed by atoms with van der Waals surface area (Å²) in [6.07, 6.45) is 5.08. The van der Waals surface area contributed by atoms with Gasteiger partial charge in [0.1, 0.15) is 4.99 Å². The molecule has 1 rings (SSSR count). The van der Waals surface area contributed by atoms with Crippen LogP contribution >= 0.6 is 12.2 Å². The maximum Gasteiger partial charge on any atom is 0.148 e. The number of nitrogens with zero attached hydrogens (tertiary/aromatic N) is 2. The number of hydrogen-bond acceptors (Lipinski definition) is 2. The summed E-state index contributed by atoms with van der Waals surface area (Å²) in [5, 5.41) is 3.53. The third-order valence-electron chi connectivity index (χ3n) is 0.548. The van der Waals surface area contributed by atoms with Gasteiger partial charge in [0.25, 0.3) is 0 Å². The van der Waals surface area contributed by atoms with E-state index in [-0.39, 0.29) is 0 Å². The Labute approximate surface area is 46.9 Å². The maximum atomic E-state index is 4.64. The van der Waals surface area contributed by atoms with Crippen LogP contribution in [0.2, 0.25) is 0 Å². The molecule has 0 fully saturated rings. The fourth-order valence-electron chi connectivity index (χ4n) is 0.287. The topological polar surface area (TPSA) is 26.5 Å². The van der Waals surface area contributed by atoms with E-state index in [0.717, 1.165) is 0 Å². The molecule has 0 aliphatic carbocycles. The molecule has 0 amide bonds. The fourth-order valence-corrected chi connectivity index (χ4v) is 0.413. The Morgan fingerprint density at radius 1 is 1.57 bits per heavy atom. The number of hydrogen-bond donors (Lipinski definition) is 0. The van der Waals surface area contributed by atoms with Crippen molar-refractivity contribution in [2.24, 2.45) is 5.10 Å². The van der Waals surface area contributed by atoms with Crippen LogP contribution in [0.4, 0.5) is 0 Å². The summed E-state index contributed by atoms with van der Waals surface area (Å²) in [6, 6.07) is 0. The minimum absolute atomic E-state index is 0.544. The Morgan fingerprint density at radius 2 is 2.43 bits per heavy atom. The molecular formula is C4H3N2S. The summed E-state index contributed by atoms with van der Waals surface area (Å²) in [5.41, 5.74) is 3.54. The Kier molecular flexibility index (Phi) is 1.17. The number of allylic oxidation sites excluding steroid dienone is 1. The van der Waals surface area contributed by atoms with Gasteiger partial charge in [-0.25, -0.2) is 0 Å². The van der Waals surface area contributed by atoms with Crippen molar-refractivity contribution in [2.45, 2.75) is 0 Å². The van der Waals surface area contributed by atoms with Gasteiger partial charge in [-0.2, -0.15) is 5.10 Å². The normalized spacial score (nSPS) is 16.9. The minimum Gasteiger partial charge on any atom is -0.158 e. The summed E-state index contributed by atoms with van der Waals surface area (Å²) in [6.45, 7) is 0. The van der Waals surface area contributed by atoms with Gasteiger partial charge in [0.15, 0.2) is 0 Å². The van der Waals surface area contributed by atoms with Crippen LogP contribution in [-0.2, 0) is 0 Å². The molecule has 0 bridgehead atoms. The summed E-state index contributed by atoms with van der Waals surface area (Å²) >= 11 is 4.64. The van der Waals surface area contributed by atoms with E-state index < -0.39 is 0 Å². The van der Waals surface area contributed by atoms with E-state index in [1.54, 1.807) is 18.4 Å². The number of rotatable bonds is 0. The average molecular weight is 111 g/mol. The minimum atomic E-state index is 0.544. The van der Waals surface area contributed by atoms with E-state index in [2.05, 4.69) is 22.7 Å². The zero-order chi connectivity index (χ0) is 5.11. The van der Waals surface area contributed by atoms with E-state index in [4.69, 9.17) is 0 Å². The highest BCUT2D eigenvalue weighted by Gasteiger charge is 1.89. The molecule has 0 aromatic rings. The molecule has 7 heavy (non-hydrogen) atoms. The monoisotopic (exact) mass is 111 g/mol. The van der Waals surface area contributed by atoms with E-state index in [9.17, 15) is 0 Å². The largest absolute Gasteiger partial charge is 0.158 e. The van der Waals surface area contributed by atoms with E-state index >= 15 is 0 Å². The van der Waals surface area contributed by atoms with Crippen molar-refractivity contribution >= 4 is 23.4 Å². The molecule has 0 saturated carbocycles. The lowest BCUT2D eigenvalue weighted by Crippen LogP contribution is -2.05. The van der Waals surface area contributed by atoms with Gasteiger partial charge in [-0.3, -0.25) is 0 Å². The van der Waals surface area contributed by atoms with E-state index in [1.807, 2.05) is 0 Å². The zero-order valence-electron chi connectivity index (χ0n) is 3.53. The van der Waals surface area contributed by atoms with Crippen LogP contribution in [0.5, 0.6) is 0 Å². The van der Waals surface area contributed by atoms with Crippen LogP contribution in [0, 0.1) is 0 Å². The summed E-state index contributed by atoms with van der Waals surface area (Å²) < 4.78 is 0. The van der Waals surface area contributed by atoms with Gasteiger partial charge in [0, 0.05) is 6.21 Å². The molecule has 1 aliphatic rings. The highest BCUT2D eigenvalue weighted by Crippen LogP contribution is 1.82. The third-order valence-corrected chi connectivity index (χ3v) is 0.766. The predicted octanol–water partition coefficient (Wildman–Crippen LogP) is 0.474. The fraction of sp³-hybridized carbons (Fsp3) is 0. The Balaban J connectivity index is 2.66. The first-order chi connectivity index (χ1) is 3.39. The molecular weight excluding hydrogens is 108 g/mol. The molecule has 0 aromatic heterocycles. The van der Waals surface area contributed by atoms with Crippen LogP contribution in [-0.4, -0.2) is 11.2 Å². The van der Waals surface area contributed by atoms with Crippen molar-refractivity contribution < 1.29 is 0 Å².